The first-order chi connectivity index (χ1) is 10.7. The van der Waals surface area contributed by atoms with Gasteiger partial charge in [0.25, 0.3) is 0 Å². The first-order valence-corrected chi connectivity index (χ1v) is 8.59. The number of carboxylic acids is 1. The standard InChI is InChI=1S/C18H33NO4/c1-5-6-7-8-9-10-11-12-13-18(22)23-16(14-17(20)21)15-19(2,3)4/h8-9,16H,5-7,10-15H2,1-4H3/b9-8+. The highest BCUT2D eigenvalue weighted by Crippen LogP contribution is 2.09. The average Bonchev–Trinajstić information content (AvgIpc) is 2.39. The predicted molar refractivity (Wildman–Crippen MR) is 89.5 cm³/mol. The molecule has 0 bridgehead atoms. The van der Waals surface area contributed by atoms with E-state index in [1.165, 1.54) is 12.8 Å². The molecular weight excluding hydrogens is 294 g/mol. The van der Waals surface area contributed by atoms with E-state index < -0.39 is 12.1 Å². The monoisotopic (exact) mass is 327 g/mol. The SMILES string of the molecule is CCCC/C=C/CCCCC(=O)OC(CC(=O)[O-])C[N+](C)(C)C. The third kappa shape index (κ3) is 15.3. The molecule has 0 aliphatic rings. The first-order valence-electron chi connectivity index (χ1n) is 8.59. The molecule has 23 heavy (non-hydrogen) atoms. The summed E-state index contributed by atoms with van der Waals surface area (Å²) in [6.45, 7) is 2.63. The molecule has 0 spiro atoms. The summed E-state index contributed by atoms with van der Waals surface area (Å²) in [7, 11) is 5.79. The fourth-order valence-electron chi connectivity index (χ4n) is 2.27. The van der Waals surface area contributed by atoms with E-state index in [0.29, 0.717) is 17.4 Å². The zero-order valence-corrected chi connectivity index (χ0v) is 15.2. The molecule has 1 unspecified atom stereocenters. The van der Waals surface area contributed by atoms with Crippen molar-refractivity contribution in [1.82, 2.24) is 0 Å². The van der Waals surface area contributed by atoms with Gasteiger partial charge in [0.15, 0.2) is 6.10 Å². The number of unbranched alkanes of at least 4 members (excludes halogenated alkanes) is 4. The summed E-state index contributed by atoms with van der Waals surface area (Å²) in [6, 6.07) is 0. The molecule has 1 atom stereocenters. The highest BCUT2D eigenvalue weighted by Gasteiger charge is 2.22. The first kappa shape index (κ1) is 21.6. The zero-order valence-electron chi connectivity index (χ0n) is 15.2. The Labute approximate surface area is 140 Å². The lowest BCUT2D eigenvalue weighted by Gasteiger charge is -2.29. The van der Waals surface area contributed by atoms with Crippen molar-refractivity contribution in [2.75, 3.05) is 27.7 Å². The number of esters is 1. The number of aliphatic carboxylic acids is 1. The van der Waals surface area contributed by atoms with Gasteiger partial charge in [0.1, 0.15) is 6.54 Å². The van der Waals surface area contributed by atoms with Crippen LogP contribution in [0.4, 0.5) is 0 Å². The number of ether oxygens (including phenoxy) is 1. The lowest BCUT2D eigenvalue weighted by molar-refractivity contribution is -0.873. The topological polar surface area (TPSA) is 66.4 Å². The zero-order chi connectivity index (χ0) is 17.7. The summed E-state index contributed by atoms with van der Waals surface area (Å²) >= 11 is 0. The summed E-state index contributed by atoms with van der Waals surface area (Å²) in [5.74, 6) is -1.51. The Balaban J connectivity index is 3.99. The number of allylic oxidation sites excluding steroid dienone is 2. The van der Waals surface area contributed by atoms with Gasteiger partial charge in [0.2, 0.25) is 0 Å². The van der Waals surface area contributed by atoms with Gasteiger partial charge in [0, 0.05) is 18.8 Å². The molecule has 0 rings (SSSR count). The van der Waals surface area contributed by atoms with Crippen LogP contribution in [0, 0.1) is 0 Å². The van der Waals surface area contributed by atoms with Crippen LogP contribution in [0.15, 0.2) is 12.2 Å². The summed E-state index contributed by atoms with van der Waals surface area (Å²) in [5.41, 5.74) is 0. The van der Waals surface area contributed by atoms with Gasteiger partial charge in [-0.3, -0.25) is 4.79 Å². The molecule has 0 radical (unpaired) electrons. The Hall–Kier alpha value is -1.36. The molecule has 0 aromatic carbocycles. The van der Waals surface area contributed by atoms with E-state index in [-0.39, 0.29) is 12.4 Å². The fraction of sp³-hybridized carbons (Fsp3) is 0.778. The predicted octanol–water partition coefficient (Wildman–Crippen LogP) is 2.05. The number of hydrogen-bond acceptors (Lipinski definition) is 4. The maximum Gasteiger partial charge on any atom is 0.306 e. The van der Waals surface area contributed by atoms with Crippen LogP contribution in [0.25, 0.3) is 0 Å². The van der Waals surface area contributed by atoms with Crippen LogP contribution in [-0.4, -0.2) is 50.2 Å². The van der Waals surface area contributed by atoms with E-state index in [0.717, 1.165) is 25.7 Å². The number of quaternary nitrogens is 1. The third-order valence-corrected chi connectivity index (χ3v) is 3.34. The van der Waals surface area contributed by atoms with Crippen LogP contribution in [0.2, 0.25) is 0 Å². The molecular formula is C18H33NO4. The summed E-state index contributed by atoms with van der Waals surface area (Å²) < 4.78 is 5.84. The van der Waals surface area contributed by atoms with Crippen LogP contribution in [0.5, 0.6) is 0 Å². The van der Waals surface area contributed by atoms with Gasteiger partial charge in [-0.25, -0.2) is 0 Å². The lowest BCUT2D eigenvalue weighted by Crippen LogP contribution is -2.45. The van der Waals surface area contributed by atoms with Crippen LogP contribution < -0.4 is 5.11 Å². The Kier molecular flexibility index (Phi) is 11.4. The number of rotatable bonds is 13. The Morgan fingerprint density at radius 1 is 1.09 bits per heavy atom. The van der Waals surface area contributed by atoms with Crippen molar-refractivity contribution in [2.45, 2.75) is 64.4 Å². The van der Waals surface area contributed by atoms with Crippen molar-refractivity contribution < 1.29 is 23.9 Å². The van der Waals surface area contributed by atoms with Gasteiger partial charge in [-0.1, -0.05) is 31.9 Å². The molecule has 0 amide bonds. The number of likely N-dealkylation sites (N-methyl/N-ethyl adjacent to an activating group) is 1. The summed E-state index contributed by atoms with van der Waals surface area (Å²) in [6.07, 6.45) is 10.0. The van der Waals surface area contributed by atoms with Crippen molar-refractivity contribution in [1.29, 1.82) is 0 Å². The van der Waals surface area contributed by atoms with E-state index in [1.807, 2.05) is 21.1 Å². The maximum absolute atomic E-state index is 11.8. The Morgan fingerprint density at radius 2 is 1.70 bits per heavy atom. The Morgan fingerprint density at radius 3 is 2.22 bits per heavy atom. The van der Waals surface area contributed by atoms with Gasteiger partial charge >= 0.3 is 5.97 Å². The van der Waals surface area contributed by atoms with E-state index in [2.05, 4.69) is 19.1 Å². The van der Waals surface area contributed by atoms with Crippen LogP contribution in [-0.2, 0) is 14.3 Å². The van der Waals surface area contributed by atoms with E-state index in [1.54, 1.807) is 0 Å². The minimum absolute atomic E-state index is 0.249. The van der Waals surface area contributed by atoms with Crippen molar-refractivity contribution in [3.63, 3.8) is 0 Å². The van der Waals surface area contributed by atoms with Gasteiger partial charge < -0.3 is 19.1 Å². The second kappa shape index (κ2) is 12.1. The third-order valence-electron chi connectivity index (χ3n) is 3.34. The second-order valence-corrected chi connectivity index (χ2v) is 7.02. The van der Waals surface area contributed by atoms with Crippen molar-refractivity contribution in [2.24, 2.45) is 0 Å². The molecule has 0 aromatic heterocycles. The van der Waals surface area contributed by atoms with Gasteiger partial charge in [-0.2, -0.15) is 0 Å². The van der Waals surface area contributed by atoms with Crippen molar-refractivity contribution in [3.8, 4) is 0 Å². The quantitative estimate of drug-likeness (QED) is 0.225. The van der Waals surface area contributed by atoms with Crippen molar-refractivity contribution >= 4 is 11.9 Å². The highest BCUT2D eigenvalue weighted by atomic mass is 16.5. The smallest absolute Gasteiger partial charge is 0.306 e. The van der Waals surface area contributed by atoms with Crippen LogP contribution >= 0.6 is 0 Å². The summed E-state index contributed by atoms with van der Waals surface area (Å²) in [4.78, 5) is 22.6. The number of hydrogen-bond donors (Lipinski definition) is 0. The van der Waals surface area contributed by atoms with Gasteiger partial charge in [0.05, 0.1) is 21.1 Å². The number of nitrogens with zero attached hydrogens (tertiary/aromatic N) is 1. The van der Waals surface area contributed by atoms with E-state index >= 15 is 0 Å². The largest absolute Gasteiger partial charge is 0.550 e. The fourth-order valence-corrected chi connectivity index (χ4v) is 2.27. The molecule has 0 saturated heterocycles. The summed E-state index contributed by atoms with van der Waals surface area (Å²) in [5, 5.41) is 10.8. The van der Waals surface area contributed by atoms with Crippen molar-refractivity contribution in [3.05, 3.63) is 12.2 Å². The molecule has 5 heteroatoms. The highest BCUT2D eigenvalue weighted by molar-refractivity contribution is 5.70. The lowest BCUT2D eigenvalue weighted by atomic mass is 10.1. The second-order valence-electron chi connectivity index (χ2n) is 7.02. The molecule has 134 valence electrons. The molecule has 0 aliphatic heterocycles. The minimum Gasteiger partial charge on any atom is -0.550 e. The molecule has 0 aromatic rings. The van der Waals surface area contributed by atoms with E-state index in [9.17, 15) is 14.7 Å². The molecule has 0 heterocycles. The minimum atomic E-state index is -1.19. The molecule has 0 saturated carbocycles. The van der Waals surface area contributed by atoms with E-state index in [4.69, 9.17) is 4.74 Å². The molecule has 5 nitrogen and oxygen atoms in total. The van der Waals surface area contributed by atoms with Gasteiger partial charge in [-0.15, -0.1) is 0 Å². The molecule has 0 aliphatic carbocycles. The number of carboxylic acid groups (broad SMARTS) is 1. The average molecular weight is 327 g/mol. The van der Waals surface area contributed by atoms with Crippen LogP contribution in [0.1, 0.15) is 58.3 Å². The Bertz CT molecular complexity index is 372. The number of carbonyl (C=O) groups excluding carboxylic acids is 2. The van der Waals surface area contributed by atoms with Crippen LogP contribution in [0.3, 0.4) is 0 Å². The normalized spacial score (nSPS) is 13.2. The van der Waals surface area contributed by atoms with Gasteiger partial charge in [-0.05, 0) is 25.7 Å². The maximum atomic E-state index is 11.8. The molecule has 0 N–H and O–H groups in total. The number of carbonyl (C=O) groups is 2. The molecule has 0 fully saturated rings.